The predicted molar refractivity (Wildman–Crippen MR) is 91.7 cm³/mol. The highest BCUT2D eigenvalue weighted by Gasteiger charge is 2.19. The molecule has 0 aliphatic rings. The van der Waals surface area contributed by atoms with Gasteiger partial charge >= 0.3 is 0 Å². The third kappa shape index (κ3) is 3.74. The quantitative estimate of drug-likeness (QED) is 0.586. The molecule has 1 aromatic heterocycles. The normalized spacial score (nSPS) is 12.7. The number of benzene rings is 1. The van der Waals surface area contributed by atoms with Crippen molar-refractivity contribution in [1.29, 1.82) is 0 Å². The Labute approximate surface area is 143 Å². The summed E-state index contributed by atoms with van der Waals surface area (Å²) in [5, 5.41) is 4.92. The van der Waals surface area contributed by atoms with E-state index >= 15 is 0 Å². The van der Waals surface area contributed by atoms with Gasteiger partial charge in [-0.25, -0.2) is 0 Å². The molecule has 6 heteroatoms. The van der Waals surface area contributed by atoms with Crippen LogP contribution in [0.5, 0.6) is 0 Å². The minimum Gasteiger partial charge on any atom is -0.306 e. The molecule has 0 radical (unpaired) electrons. The summed E-state index contributed by atoms with van der Waals surface area (Å²) in [6, 6.07) is 7.96. The Morgan fingerprint density at radius 1 is 1.21 bits per heavy atom. The van der Waals surface area contributed by atoms with Gasteiger partial charge in [0.15, 0.2) is 0 Å². The van der Waals surface area contributed by atoms with Crippen LogP contribution in [0.3, 0.4) is 0 Å². The SMILES string of the molecule is CCNC(c1cc(Cl)c(Br)s1)c1ccc(Br)cc1Cl. The van der Waals surface area contributed by atoms with E-state index in [9.17, 15) is 0 Å². The van der Waals surface area contributed by atoms with Gasteiger partial charge in [0.05, 0.1) is 14.9 Å². The molecular formula is C13H11Br2Cl2NS. The van der Waals surface area contributed by atoms with Crippen LogP contribution in [-0.4, -0.2) is 6.54 Å². The first-order valence-corrected chi connectivity index (χ1v) is 8.81. The fourth-order valence-electron chi connectivity index (χ4n) is 1.81. The molecule has 0 bridgehead atoms. The van der Waals surface area contributed by atoms with E-state index in [-0.39, 0.29) is 6.04 Å². The molecule has 0 aliphatic heterocycles. The Balaban J connectivity index is 2.44. The van der Waals surface area contributed by atoms with Crippen molar-refractivity contribution in [3.05, 3.63) is 53.0 Å². The molecule has 2 aromatic rings. The standard InChI is InChI=1S/C13H11Br2Cl2NS/c1-2-18-12(11-6-10(17)13(15)19-11)8-4-3-7(14)5-9(8)16/h3-6,12,18H,2H2,1H3. The Hall–Kier alpha value is 0.420. The summed E-state index contributed by atoms with van der Waals surface area (Å²) in [4.78, 5) is 1.14. The van der Waals surface area contributed by atoms with E-state index in [0.29, 0.717) is 0 Å². The lowest BCUT2D eigenvalue weighted by atomic mass is 10.1. The fraction of sp³-hybridized carbons (Fsp3) is 0.231. The maximum absolute atomic E-state index is 6.35. The maximum atomic E-state index is 6.35. The second kappa shape index (κ2) is 6.92. The molecule has 0 saturated carbocycles. The highest BCUT2D eigenvalue weighted by molar-refractivity contribution is 9.11. The summed E-state index contributed by atoms with van der Waals surface area (Å²) < 4.78 is 1.92. The van der Waals surface area contributed by atoms with E-state index in [1.54, 1.807) is 11.3 Å². The van der Waals surface area contributed by atoms with Gasteiger partial charge in [0.1, 0.15) is 0 Å². The van der Waals surface area contributed by atoms with E-state index < -0.39 is 0 Å². The molecule has 2 rings (SSSR count). The molecule has 1 heterocycles. The van der Waals surface area contributed by atoms with Crippen LogP contribution in [0.2, 0.25) is 10.0 Å². The molecule has 1 aromatic carbocycles. The second-order valence-electron chi connectivity index (χ2n) is 3.93. The maximum Gasteiger partial charge on any atom is 0.0888 e. The highest BCUT2D eigenvalue weighted by Crippen LogP contribution is 2.39. The first-order valence-electron chi connectivity index (χ1n) is 5.66. The lowest BCUT2D eigenvalue weighted by molar-refractivity contribution is 0.640. The molecule has 0 fully saturated rings. The first kappa shape index (κ1) is 15.8. The Bertz CT molecular complexity index is 567. The molecule has 1 unspecified atom stereocenters. The van der Waals surface area contributed by atoms with Crippen molar-refractivity contribution in [3.8, 4) is 0 Å². The zero-order valence-electron chi connectivity index (χ0n) is 10.0. The third-order valence-electron chi connectivity index (χ3n) is 2.63. The summed E-state index contributed by atoms with van der Waals surface area (Å²) in [5.41, 5.74) is 1.05. The van der Waals surface area contributed by atoms with Gasteiger partial charge in [0.2, 0.25) is 0 Å². The van der Waals surface area contributed by atoms with Crippen LogP contribution in [-0.2, 0) is 0 Å². The van der Waals surface area contributed by atoms with Crippen molar-refractivity contribution < 1.29 is 0 Å². The van der Waals surface area contributed by atoms with Gasteiger partial charge in [-0.3, -0.25) is 0 Å². The van der Waals surface area contributed by atoms with E-state index in [4.69, 9.17) is 23.2 Å². The summed E-state index contributed by atoms with van der Waals surface area (Å²) in [6.45, 7) is 2.92. The lowest BCUT2D eigenvalue weighted by Gasteiger charge is -2.18. The second-order valence-corrected chi connectivity index (χ2v) is 8.06. The van der Waals surface area contributed by atoms with Crippen LogP contribution in [0.25, 0.3) is 0 Å². The zero-order chi connectivity index (χ0) is 14.0. The third-order valence-corrected chi connectivity index (χ3v) is 5.99. The molecule has 1 nitrogen and oxygen atoms in total. The van der Waals surface area contributed by atoms with Crippen molar-refractivity contribution in [2.45, 2.75) is 13.0 Å². The van der Waals surface area contributed by atoms with Crippen LogP contribution >= 0.6 is 66.4 Å². The topological polar surface area (TPSA) is 12.0 Å². The van der Waals surface area contributed by atoms with Crippen LogP contribution < -0.4 is 5.32 Å². The van der Waals surface area contributed by atoms with Crippen molar-refractivity contribution in [2.75, 3.05) is 6.54 Å². The number of hydrogen-bond donors (Lipinski definition) is 1. The van der Waals surface area contributed by atoms with E-state index in [2.05, 4.69) is 44.1 Å². The largest absolute Gasteiger partial charge is 0.306 e. The molecule has 1 N–H and O–H groups in total. The number of nitrogens with one attached hydrogen (secondary N) is 1. The number of hydrogen-bond acceptors (Lipinski definition) is 2. The Morgan fingerprint density at radius 3 is 2.47 bits per heavy atom. The van der Waals surface area contributed by atoms with Crippen molar-refractivity contribution in [2.24, 2.45) is 0 Å². The molecular weight excluding hydrogens is 433 g/mol. The monoisotopic (exact) mass is 441 g/mol. The molecule has 0 amide bonds. The van der Waals surface area contributed by atoms with Gasteiger partial charge in [0, 0.05) is 14.4 Å². The summed E-state index contributed by atoms with van der Waals surface area (Å²) >= 11 is 21.0. The van der Waals surface area contributed by atoms with Crippen molar-refractivity contribution in [1.82, 2.24) is 5.32 Å². The number of halogens is 4. The van der Waals surface area contributed by atoms with Crippen LogP contribution in [0, 0.1) is 0 Å². The summed E-state index contributed by atoms with van der Waals surface area (Å²) in [7, 11) is 0. The molecule has 0 spiro atoms. The minimum absolute atomic E-state index is 0.0550. The van der Waals surface area contributed by atoms with Gasteiger partial charge in [-0.15, -0.1) is 11.3 Å². The summed E-state index contributed by atoms with van der Waals surface area (Å²) in [6.07, 6.45) is 0. The Kier molecular flexibility index (Phi) is 5.76. The Morgan fingerprint density at radius 2 is 1.95 bits per heavy atom. The molecule has 0 saturated heterocycles. The lowest BCUT2D eigenvalue weighted by Crippen LogP contribution is -2.21. The van der Waals surface area contributed by atoms with Gasteiger partial charge < -0.3 is 5.32 Å². The van der Waals surface area contributed by atoms with Gasteiger partial charge in [-0.1, -0.05) is 52.1 Å². The van der Waals surface area contributed by atoms with Gasteiger partial charge in [0.25, 0.3) is 0 Å². The predicted octanol–water partition coefficient (Wildman–Crippen LogP) is 6.28. The van der Waals surface area contributed by atoms with E-state index in [1.807, 2.05) is 24.3 Å². The zero-order valence-corrected chi connectivity index (χ0v) is 15.5. The van der Waals surface area contributed by atoms with Gasteiger partial charge in [-0.2, -0.15) is 0 Å². The van der Waals surface area contributed by atoms with Crippen LogP contribution in [0.15, 0.2) is 32.5 Å². The van der Waals surface area contributed by atoms with Crippen molar-refractivity contribution in [3.63, 3.8) is 0 Å². The smallest absolute Gasteiger partial charge is 0.0888 e. The summed E-state index contributed by atoms with van der Waals surface area (Å²) in [5.74, 6) is 0. The van der Waals surface area contributed by atoms with Crippen molar-refractivity contribution >= 4 is 66.4 Å². The van der Waals surface area contributed by atoms with Crippen LogP contribution in [0.1, 0.15) is 23.4 Å². The average molecular weight is 444 g/mol. The van der Waals surface area contributed by atoms with E-state index in [0.717, 1.165) is 35.3 Å². The number of thiophene rings is 1. The van der Waals surface area contributed by atoms with E-state index in [1.165, 1.54) is 0 Å². The average Bonchev–Trinajstić information content (AvgIpc) is 2.67. The minimum atomic E-state index is 0.0550. The first-order chi connectivity index (χ1) is 9.02. The molecule has 0 aliphatic carbocycles. The highest BCUT2D eigenvalue weighted by atomic mass is 79.9. The number of rotatable bonds is 4. The molecule has 1 atom stereocenters. The molecule has 102 valence electrons. The van der Waals surface area contributed by atoms with Gasteiger partial charge in [-0.05, 0) is 46.2 Å². The fourth-order valence-corrected chi connectivity index (χ4v) is 4.43. The van der Waals surface area contributed by atoms with Crippen LogP contribution in [0.4, 0.5) is 0 Å². The molecule has 19 heavy (non-hydrogen) atoms.